The van der Waals surface area contributed by atoms with Gasteiger partial charge in [0.05, 0.1) is 3.79 Å². The van der Waals surface area contributed by atoms with Crippen LogP contribution in [0.25, 0.3) is 0 Å². The zero-order valence-electron chi connectivity index (χ0n) is 9.63. The van der Waals surface area contributed by atoms with Gasteiger partial charge in [0.15, 0.2) is 0 Å². The van der Waals surface area contributed by atoms with E-state index in [0.29, 0.717) is 10.7 Å². The highest BCUT2D eigenvalue weighted by Crippen LogP contribution is 2.32. The Morgan fingerprint density at radius 3 is 2.40 bits per heavy atom. The number of hydrogen-bond acceptors (Lipinski definition) is 4. The van der Waals surface area contributed by atoms with Crippen LogP contribution in [-0.4, -0.2) is 19.5 Å². The third-order valence-electron chi connectivity index (χ3n) is 2.25. The van der Waals surface area contributed by atoms with E-state index in [0.717, 1.165) is 17.4 Å². The van der Waals surface area contributed by atoms with Crippen molar-refractivity contribution in [2.24, 2.45) is 0 Å². The first-order valence-corrected chi connectivity index (χ1v) is 8.57. The Kier molecular flexibility index (Phi) is 4.38. The number of benzene rings is 1. The average molecular weight is 397 g/mol. The van der Waals surface area contributed by atoms with E-state index in [9.17, 15) is 13.2 Å². The normalized spacial score (nSPS) is 11.3. The Morgan fingerprint density at radius 2 is 1.90 bits per heavy atom. The molecule has 0 atom stereocenters. The topological polar surface area (TPSA) is 83.5 Å². The van der Waals surface area contributed by atoms with Crippen LogP contribution in [0.2, 0.25) is 5.02 Å². The maximum Gasteiger partial charge on any atom is 0.345 e. The molecule has 0 aliphatic heterocycles. The lowest BCUT2D eigenvalue weighted by Crippen LogP contribution is -2.12. The average Bonchev–Trinajstić information content (AvgIpc) is 2.75. The van der Waals surface area contributed by atoms with Gasteiger partial charge in [-0.2, -0.15) is 0 Å². The molecule has 0 saturated heterocycles. The smallest absolute Gasteiger partial charge is 0.345 e. The number of thiophene rings is 1. The van der Waals surface area contributed by atoms with Crippen molar-refractivity contribution in [1.29, 1.82) is 0 Å². The van der Waals surface area contributed by atoms with E-state index in [2.05, 4.69) is 20.7 Å². The fraction of sp³-hybridized carbons (Fsp3) is 0. The van der Waals surface area contributed by atoms with Crippen LogP contribution in [-0.2, 0) is 10.0 Å². The lowest BCUT2D eigenvalue weighted by Gasteiger charge is -2.06. The predicted octanol–water partition coefficient (Wildman–Crippen LogP) is 3.66. The molecule has 20 heavy (non-hydrogen) atoms. The summed E-state index contributed by atoms with van der Waals surface area (Å²) < 4.78 is 27.0. The number of carbonyl (C=O) groups is 1. The first-order valence-electron chi connectivity index (χ1n) is 5.10. The first kappa shape index (κ1) is 15.3. The van der Waals surface area contributed by atoms with Crippen LogP contribution in [0.1, 0.15) is 9.67 Å². The Morgan fingerprint density at radius 1 is 1.30 bits per heavy atom. The molecule has 0 aliphatic rings. The predicted molar refractivity (Wildman–Crippen MR) is 81.2 cm³/mol. The number of anilines is 1. The molecule has 0 radical (unpaired) electrons. The van der Waals surface area contributed by atoms with E-state index >= 15 is 0 Å². The quantitative estimate of drug-likeness (QED) is 0.826. The molecule has 0 unspecified atom stereocenters. The van der Waals surface area contributed by atoms with E-state index in [1.807, 2.05) is 0 Å². The summed E-state index contributed by atoms with van der Waals surface area (Å²) in [6.45, 7) is 0. The number of halogens is 2. The van der Waals surface area contributed by atoms with Gasteiger partial charge in [-0.05, 0) is 46.3 Å². The lowest BCUT2D eigenvalue weighted by molar-refractivity contribution is 0.0702. The van der Waals surface area contributed by atoms with Gasteiger partial charge in [0.1, 0.15) is 9.77 Å². The van der Waals surface area contributed by atoms with Gasteiger partial charge >= 0.3 is 5.97 Å². The summed E-state index contributed by atoms with van der Waals surface area (Å²) in [7, 11) is -3.86. The molecule has 0 amide bonds. The van der Waals surface area contributed by atoms with Crippen LogP contribution in [0.15, 0.2) is 39.0 Å². The van der Waals surface area contributed by atoms with Crippen molar-refractivity contribution >= 4 is 60.5 Å². The van der Waals surface area contributed by atoms with Crippen LogP contribution >= 0.6 is 38.9 Å². The molecule has 1 aromatic heterocycles. The minimum Gasteiger partial charge on any atom is -0.477 e. The second-order valence-electron chi connectivity index (χ2n) is 3.67. The summed E-state index contributed by atoms with van der Waals surface area (Å²) in [6, 6.07) is 7.22. The van der Waals surface area contributed by atoms with Crippen LogP contribution in [0.5, 0.6) is 0 Å². The fourth-order valence-electron chi connectivity index (χ4n) is 1.37. The van der Waals surface area contributed by atoms with Crippen molar-refractivity contribution in [3.8, 4) is 0 Å². The molecule has 2 N–H and O–H groups in total. The Labute approximate surface area is 132 Å². The molecule has 9 heteroatoms. The molecule has 1 heterocycles. The standard InChI is InChI=1S/C11H7BrClNO4S2/c12-10-9(5-8(19-10)11(15)16)20(17,18)14-7-3-1-6(13)2-4-7/h1-5,14H,(H,15,16). The van der Waals surface area contributed by atoms with Crippen molar-refractivity contribution < 1.29 is 18.3 Å². The summed E-state index contributed by atoms with van der Waals surface area (Å²) >= 11 is 9.62. The van der Waals surface area contributed by atoms with Gasteiger partial charge in [0.25, 0.3) is 10.0 Å². The number of hydrogen-bond donors (Lipinski definition) is 2. The molecule has 2 rings (SSSR count). The third kappa shape index (κ3) is 3.32. The molecule has 0 spiro atoms. The SMILES string of the molecule is O=C(O)c1cc(S(=O)(=O)Nc2ccc(Cl)cc2)c(Br)s1. The Bertz CT molecular complexity index is 755. The van der Waals surface area contributed by atoms with Crippen molar-refractivity contribution in [3.63, 3.8) is 0 Å². The maximum absolute atomic E-state index is 12.2. The Balaban J connectivity index is 2.35. The lowest BCUT2D eigenvalue weighted by atomic mass is 10.3. The molecule has 0 bridgehead atoms. The molecular weight excluding hydrogens is 390 g/mol. The van der Waals surface area contributed by atoms with E-state index in [-0.39, 0.29) is 13.6 Å². The minimum absolute atomic E-state index is 0.0617. The number of sulfonamides is 1. The summed E-state index contributed by atoms with van der Waals surface area (Å²) in [5.41, 5.74) is 0.337. The van der Waals surface area contributed by atoms with E-state index in [1.165, 1.54) is 12.1 Å². The van der Waals surface area contributed by atoms with Crippen LogP contribution < -0.4 is 4.72 Å². The highest BCUT2D eigenvalue weighted by Gasteiger charge is 2.23. The third-order valence-corrected chi connectivity index (χ3v) is 6.13. The number of aromatic carboxylic acids is 1. The first-order chi connectivity index (χ1) is 9.29. The highest BCUT2D eigenvalue weighted by molar-refractivity contribution is 9.11. The number of rotatable bonds is 4. The van der Waals surface area contributed by atoms with Crippen molar-refractivity contribution in [2.45, 2.75) is 4.90 Å². The molecule has 0 fully saturated rings. The van der Waals surface area contributed by atoms with Crippen molar-refractivity contribution in [1.82, 2.24) is 0 Å². The summed E-state index contributed by atoms with van der Waals surface area (Å²) in [6.07, 6.45) is 0. The van der Waals surface area contributed by atoms with Crippen molar-refractivity contribution in [2.75, 3.05) is 4.72 Å². The molecule has 0 saturated carbocycles. The summed E-state index contributed by atoms with van der Waals surface area (Å²) in [4.78, 5) is 10.7. The van der Waals surface area contributed by atoms with Gasteiger partial charge in [0, 0.05) is 10.7 Å². The van der Waals surface area contributed by atoms with Crippen molar-refractivity contribution in [3.05, 3.63) is 44.0 Å². The van der Waals surface area contributed by atoms with E-state index < -0.39 is 16.0 Å². The number of carboxylic acid groups (broad SMARTS) is 1. The number of nitrogens with one attached hydrogen (secondary N) is 1. The summed E-state index contributed by atoms with van der Waals surface area (Å²) in [5, 5.41) is 9.35. The van der Waals surface area contributed by atoms with Gasteiger partial charge in [-0.15, -0.1) is 11.3 Å². The molecule has 2 aromatic rings. The van der Waals surface area contributed by atoms with Gasteiger partial charge in [0.2, 0.25) is 0 Å². The van der Waals surface area contributed by atoms with E-state index in [1.54, 1.807) is 12.1 Å². The molecule has 5 nitrogen and oxygen atoms in total. The van der Waals surface area contributed by atoms with E-state index in [4.69, 9.17) is 16.7 Å². The largest absolute Gasteiger partial charge is 0.477 e. The molecule has 106 valence electrons. The second kappa shape index (κ2) is 5.72. The highest BCUT2D eigenvalue weighted by atomic mass is 79.9. The van der Waals surface area contributed by atoms with Gasteiger partial charge in [-0.25, -0.2) is 13.2 Å². The van der Waals surface area contributed by atoms with Gasteiger partial charge < -0.3 is 5.11 Å². The fourth-order valence-corrected chi connectivity index (χ4v) is 4.96. The van der Waals surface area contributed by atoms with Gasteiger partial charge in [-0.1, -0.05) is 11.6 Å². The minimum atomic E-state index is -3.86. The Hall–Kier alpha value is -1.09. The summed E-state index contributed by atoms with van der Waals surface area (Å²) in [5.74, 6) is -1.18. The molecule has 1 aromatic carbocycles. The zero-order chi connectivity index (χ0) is 14.9. The van der Waals surface area contributed by atoms with Crippen LogP contribution in [0.4, 0.5) is 5.69 Å². The molecule has 0 aliphatic carbocycles. The van der Waals surface area contributed by atoms with Crippen LogP contribution in [0, 0.1) is 0 Å². The maximum atomic E-state index is 12.2. The van der Waals surface area contributed by atoms with Gasteiger partial charge in [-0.3, -0.25) is 4.72 Å². The monoisotopic (exact) mass is 395 g/mol. The second-order valence-corrected chi connectivity index (χ2v) is 8.12. The van der Waals surface area contributed by atoms with Crippen LogP contribution in [0.3, 0.4) is 0 Å². The number of carboxylic acids is 1. The zero-order valence-corrected chi connectivity index (χ0v) is 13.6. The molecular formula is C11H7BrClNO4S2.